The average Bonchev–Trinajstić information content (AvgIpc) is 2.62. The predicted molar refractivity (Wildman–Crippen MR) is 90.3 cm³/mol. The molecule has 1 saturated heterocycles. The van der Waals surface area contributed by atoms with E-state index in [1.165, 1.54) is 39.8 Å². The molecule has 0 spiro atoms. The van der Waals surface area contributed by atoms with Crippen molar-refractivity contribution in [2.24, 2.45) is 0 Å². The van der Waals surface area contributed by atoms with Crippen molar-refractivity contribution < 1.29 is 17.6 Å². The van der Waals surface area contributed by atoms with E-state index in [0.717, 1.165) is 6.07 Å². The van der Waals surface area contributed by atoms with Crippen LogP contribution in [0.25, 0.3) is 0 Å². The summed E-state index contributed by atoms with van der Waals surface area (Å²) in [5, 5.41) is 0.0374. The number of halogens is 2. The number of hydrogen-bond donors (Lipinski definition) is 0. The predicted octanol–water partition coefficient (Wildman–Crippen LogP) is 2.02. The van der Waals surface area contributed by atoms with E-state index >= 15 is 0 Å². The molecule has 6 nitrogen and oxygen atoms in total. The molecule has 3 rings (SSSR count). The first kappa shape index (κ1) is 17.8. The molecule has 0 aliphatic carbocycles. The van der Waals surface area contributed by atoms with Crippen LogP contribution >= 0.6 is 11.6 Å². The normalized spacial score (nSPS) is 16.0. The van der Waals surface area contributed by atoms with Gasteiger partial charge in [0.1, 0.15) is 10.7 Å². The summed E-state index contributed by atoms with van der Waals surface area (Å²) < 4.78 is 39.5. The molecule has 1 aliphatic rings. The largest absolute Gasteiger partial charge is 0.336 e. The van der Waals surface area contributed by atoms with Crippen molar-refractivity contribution in [3.63, 3.8) is 0 Å². The lowest BCUT2D eigenvalue weighted by molar-refractivity contribution is 0.0698. The molecule has 1 fully saturated rings. The summed E-state index contributed by atoms with van der Waals surface area (Å²) in [5.41, 5.74) is 0.201. The Labute approximate surface area is 149 Å². The van der Waals surface area contributed by atoms with E-state index in [4.69, 9.17) is 11.6 Å². The van der Waals surface area contributed by atoms with Crippen LogP contribution in [0.15, 0.2) is 47.6 Å². The highest BCUT2D eigenvalue weighted by Gasteiger charge is 2.31. The van der Waals surface area contributed by atoms with Crippen LogP contribution < -0.4 is 0 Å². The van der Waals surface area contributed by atoms with Gasteiger partial charge in [0.2, 0.25) is 10.0 Å². The highest BCUT2D eigenvalue weighted by atomic mass is 35.5. The minimum absolute atomic E-state index is 0.0374. The van der Waals surface area contributed by atoms with Gasteiger partial charge in [-0.1, -0.05) is 11.6 Å². The van der Waals surface area contributed by atoms with E-state index in [0.29, 0.717) is 0 Å². The van der Waals surface area contributed by atoms with E-state index in [1.807, 2.05) is 0 Å². The summed E-state index contributed by atoms with van der Waals surface area (Å²) in [6.45, 7) is 0.793. The van der Waals surface area contributed by atoms with Crippen LogP contribution in [0.1, 0.15) is 10.4 Å². The second kappa shape index (κ2) is 7.07. The monoisotopic (exact) mass is 383 g/mol. The maximum absolute atomic E-state index is 13.1. The molecule has 0 N–H and O–H groups in total. The zero-order valence-electron chi connectivity index (χ0n) is 13.1. The third-order valence-corrected chi connectivity index (χ3v) is 6.15. The number of benzene rings is 1. The van der Waals surface area contributed by atoms with Crippen LogP contribution in [0, 0.1) is 5.82 Å². The van der Waals surface area contributed by atoms with Gasteiger partial charge in [-0.05, 0) is 30.3 Å². The van der Waals surface area contributed by atoms with Gasteiger partial charge in [0.15, 0.2) is 0 Å². The van der Waals surface area contributed by atoms with Crippen molar-refractivity contribution in [1.82, 2.24) is 14.2 Å². The Hall–Kier alpha value is -2.03. The lowest BCUT2D eigenvalue weighted by Crippen LogP contribution is -2.50. The van der Waals surface area contributed by atoms with Gasteiger partial charge in [0.05, 0.1) is 10.6 Å². The topological polar surface area (TPSA) is 70.6 Å². The number of carbonyl (C=O) groups is 1. The molecular formula is C16H15ClFN3O3S. The van der Waals surface area contributed by atoms with Crippen LogP contribution in [0.3, 0.4) is 0 Å². The van der Waals surface area contributed by atoms with Gasteiger partial charge in [-0.25, -0.2) is 12.8 Å². The Kier molecular flexibility index (Phi) is 5.03. The Balaban J connectivity index is 1.70. The standard InChI is InChI=1S/C16H15ClFN3O3S/c17-15-10-12(18)3-4-14(15)16(22)20-6-8-21(9-7-20)25(23,24)13-2-1-5-19-11-13/h1-5,10-11H,6-9H2. The summed E-state index contributed by atoms with van der Waals surface area (Å²) in [7, 11) is -3.63. The lowest BCUT2D eigenvalue weighted by atomic mass is 10.2. The summed E-state index contributed by atoms with van der Waals surface area (Å²) in [6.07, 6.45) is 2.80. The molecule has 0 bridgehead atoms. The number of carbonyl (C=O) groups excluding carboxylic acids is 1. The molecule has 1 aliphatic heterocycles. The van der Waals surface area contributed by atoms with Crippen LogP contribution in [0.2, 0.25) is 5.02 Å². The fraction of sp³-hybridized carbons (Fsp3) is 0.250. The van der Waals surface area contributed by atoms with Crippen molar-refractivity contribution in [3.8, 4) is 0 Å². The third kappa shape index (κ3) is 3.65. The summed E-state index contributed by atoms with van der Waals surface area (Å²) >= 11 is 5.92. The molecule has 0 saturated carbocycles. The smallest absolute Gasteiger partial charge is 0.255 e. The average molecular weight is 384 g/mol. The van der Waals surface area contributed by atoms with Gasteiger partial charge >= 0.3 is 0 Å². The number of hydrogen-bond acceptors (Lipinski definition) is 4. The summed E-state index contributed by atoms with van der Waals surface area (Å²) in [6, 6.07) is 6.63. The molecule has 1 aromatic heterocycles. The zero-order chi connectivity index (χ0) is 18.0. The maximum atomic E-state index is 13.1. The van der Waals surface area contributed by atoms with Crippen LogP contribution in [-0.2, 0) is 10.0 Å². The van der Waals surface area contributed by atoms with Gasteiger partial charge in [0.25, 0.3) is 5.91 Å². The van der Waals surface area contributed by atoms with Crippen LogP contribution in [-0.4, -0.2) is 54.7 Å². The van der Waals surface area contributed by atoms with Crippen molar-refractivity contribution in [2.75, 3.05) is 26.2 Å². The molecule has 1 amide bonds. The second-order valence-electron chi connectivity index (χ2n) is 5.51. The summed E-state index contributed by atoms with van der Waals surface area (Å²) in [4.78, 5) is 18.0. The number of pyridine rings is 1. The van der Waals surface area contributed by atoms with E-state index < -0.39 is 15.8 Å². The number of amides is 1. The first-order valence-electron chi connectivity index (χ1n) is 7.54. The Morgan fingerprint density at radius 1 is 1.16 bits per heavy atom. The molecule has 0 unspecified atom stereocenters. The zero-order valence-corrected chi connectivity index (χ0v) is 14.7. The van der Waals surface area contributed by atoms with Gasteiger partial charge < -0.3 is 4.90 Å². The van der Waals surface area contributed by atoms with Crippen LogP contribution in [0.4, 0.5) is 4.39 Å². The highest BCUT2D eigenvalue weighted by molar-refractivity contribution is 7.89. The van der Waals surface area contributed by atoms with E-state index in [2.05, 4.69) is 4.98 Å². The van der Waals surface area contributed by atoms with Crippen LogP contribution in [0.5, 0.6) is 0 Å². The quantitative estimate of drug-likeness (QED) is 0.813. The first-order chi connectivity index (χ1) is 11.9. The van der Waals surface area contributed by atoms with Crippen molar-refractivity contribution in [3.05, 3.63) is 59.1 Å². The summed E-state index contributed by atoms with van der Waals surface area (Å²) in [5.74, 6) is -0.864. The SMILES string of the molecule is O=C(c1ccc(F)cc1Cl)N1CCN(S(=O)(=O)c2cccnc2)CC1. The Morgan fingerprint density at radius 3 is 2.48 bits per heavy atom. The van der Waals surface area contributed by atoms with E-state index in [1.54, 1.807) is 6.07 Å². The molecule has 0 radical (unpaired) electrons. The first-order valence-corrected chi connectivity index (χ1v) is 9.36. The van der Waals surface area contributed by atoms with E-state index in [9.17, 15) is 17.6 Å². The van der Waals surface area contributed by atoms with E-state index in [-0.39, 0.29) is 47.6 Å². The van der Waals surface area contributed by atoms with Gasteiger partial charge in [-0.15, -0.1) is 0 Å². The van der Waals surface area contributed by atoms with Gasteiger partial charge in [0, 0.05) is 38.6 Å². The molecule has 1 aromatic carbocycles. The molecule has 132 valence electrons. The highest BCUT2D eigenvalue weighted by Crippen LogP contribution is 2.21. The van der Waals surface area contributed by atoms with Crippen molar-refractivity contribution >= 4 is 27.5 Å². The molecule has 2 aromatic rings. The second-order valence-corrected chi connectivity index (χ2v) is 7.85. The number of piperazine rings is 1. The maximum Gasteiger partial charge on any atom is 0.255 e. The number of aromatic nitrogens is 1. The number of sulfonamides is 1. The Morgan fingerprint density at radius 2 is 1.88 bits per heavy atom. The fourth-order valence-corrected chi connectivity index (χ4v) is 4.25. The Bertz CT molecular complexity index is 885. The molecule has 25 heavy (non-hydrogen) atoms. The van der Waals surface area contributed by atoms with Crippen molar-refractivity contribution in [2.45, 2.75) is 4.90 Å². The molecule has 0 atom stereocenters. The number of nitrogens with zero attached hydrogens (tertiary/aromatic N) is 3. The molecular weight excluding hydrogens is 369 g/mol. The fourth-order valence-electron chi connectivity index (χ4n) is 2.61. The number of rotatable bonds is 3. The molecule has 9 heteroatoms. The molecule has 2 heterocycles. The van der Waals surface area contributed by atoms with Crippen molar-refractivity contribution in [1.29, 1.82) is 0 Å². The van der Waals surface area contributed by atoms with Gasteiger partial charge in [-0.2, -0.15) is 4.31 Å². The minimum atomic E-state index is -3.63. The van der Waals surface area contributed by atoms with Gasteiger partial charge in [-0.3, -0.25) is 9.78 Å². The lowest BCUT2D eigenvalue weighted by Gasteiger charge is -2.34. The minimum Gasteiger partial charge on any atom is -0.336 e. The third-order valence-electron chi connectivity index (χ3n) is 3.96.